The molecule has 0 atom stereocenters. The summed E-state index contributed by atoms with van der Waals surface area (Å²) in [5.41, 5.74) is 0.967. The van der Waals surface area contributed by atoms with Crippen LogP contribution in [0.25, 0.3) is 0 Å². The van der Waals surface area contributed by atoms with Crippen molar-refractivity contribution in [3.8, 4) is 0 Å². The molecular weight excluding hydrogens is 179 g/mol. The van der Waals surface area contributed by atoms with E-state index < -0.39 is 0 Å². The van der Waals surface area contributed by atoms with Crippen LogP contribution in [0.4, 0.5) is 10.1 Å². The van der Waals surface area contributed by atoms with Gasteiger partial charge in [0.25, 0.3) is 0 Å². The van der Waals surface area contributed by atoms with E-state index in [1.165, 1.54) is 0 Å². The molecule has 0 bridgehead atoms. The maximum absolute atomic E-state index is 12.9. The van der Waals surface area contributed by atoms with Crippen molar-refractivity contribution in [3.63, 3.8) is 0 Å². The van der Waals surface area contributed by atoms with E-state index in [-0.39, 0.29) is 5.82 Å². The van der Waals surface area contributed by atoms with Crippen LogP contribution in [0.2, 0.25) is 0 Å². The first-order chi connectivity index (χ1) is 6.75. The minimum absolute atomic E-state index is 0.276. The molecule has 14 heavy (non-hydrogen) atoms. The highest BCUT2D eigenvalue weighted by Crippen LogP contribution is 2.16. The van der Waals surface area contributed by atoms with Gasteiger partial charge in [-0.25, -0.2) is 4.39 Å². The van der Waals surface area contributed by atoms with Crippen molar-refractivity contribution in [1.82, 2.24) is 4.90 Å². The summed E-state index contributed by atoms with van der Waals surface area (Å²) in [6, 6.07) is 7.62. The molecule has 2 nitrogen and oxygen atoms in total. The van der Waals surface area contributed by atoms with Gasteiger partial charge in [0, 0.05) is 37.9 Å². The summed E-state index contributed by atoms with van der Waals surface area (Å²) in [6.45, 7) is 4.03. The van der Waals surface area contributed by atoms with Crippen LogP contribution in [0.1, 0.15) is 0 Å². The number of halogens is 1. The van der Waals surface area contributed by atoms with Crippen LogP contribution < -0.4 is 4.90 Å². The van der Waals surface area contributed by atoms with Crippen LogP contribution in [0.15, 0.2) is 18.2 Å². The Morgan fingerprint density at radius 1 is 1.29 bits per heavy atom. The average molecular weight is 193 g/mol. The molecule has 1 saturated heterocycles. The van der Waals surface area contributed by atoms with Crippen molar-refractivity contribution in [1.29, 1.82) is 0 Å². The molecule has 1 aliphatic rings. The molecule has 0 aliphatic carbocycles. The van der Waals surface area contributed by atoms with E-state index in [4.69, 9.17) is 0 Å². The number of anilines is 1. The first-order valence-corrected chi connectivity index (χ1v) is 4.86. The second-order valence-electron chi connectivity index (χ2n) is 3.69. The van der Waals surface area contributed by atoms with Crippen LogP contribution in [0.3, 0.4) is 0 Å². The first-order valence-electron chi connectivity index (χ1n) is 4.86. The highest BCUT2D eigenvalue weighted by Gasteiger charge is 2.14. The number of nitrogens with zero attached hydrogens (tertiary/aromatic N) is 2. The Labute approximate surface area is 83.9 Å². The molecule has 1 aromatic rings. The van der Waals surface area contributed by atoms with Crippen molar-refractivity contribution in [2.45, 2.75) is 0 Å². The molecule has 0 aromatic heterocycles. The quantitative estimate of drug-likeness (QED) is 0.664. The predicted molar refractivity (Wildman–Crippen MR) is 54.9 cm³/mol. The van der Waals surface area contributed by atoms with Gasteiger partial charge in [-0.05, 0) is 25.2 Å². The molecule has 0 spiro atoms. The number of benzene rings is 1. The Morgan fingerprint density at radius 3 is 2.64 bits per heavy atom. The molecule has 75 valence electrons. The Hall–Kier alpha value is -1.09. The zero-order chi connectivity index (χ0) is 9.97. The lowest BCUT2D eigenvalue weighted by Crippen LogP contribution is -2.44. The molecule has 1 heterocycles. The maximum atomic E-state index is 12.9. The molecule has 0 N–H and O–H groups in total. The number of hydrogen-bond donors (Lipinski definition) is 0. The van der Waals surface area contributed by atoms with E-state index in [2.05, 4.69) is 22.9 Å². The normalized spacial score (nSPS) is 18.6. The van der Waals surface area contributed by atoms with Crippen molar-refractivity contribution in [2.24, 2.45) is 0 Å². The average Bonchev–Trinajstić information content (AvgIpc) is 2.19. The van der Waals surface area contributed by atoms with Crippen LogP contribution in [0, 0.1) is 11.9 Å². The second kappa shape index (κ2) is 3.96. The lowest BCUT2D eigenvalue weighted by atomic mass is 10.2. The molecule has 1 aliphatic heterocycles. The SMILES string of the molecule is CN1CCN(c2cc[c]c(F)c2)CC1. The van der Waals surface area contributed by atoms with Crippen molar-refractivity contribution >= 4 is 5.69 Å². The Morgan fingerprint density at radius 2 is 2.00 bits per heavy atom. The molecular formula is C11H14FN2. The third-order valence-corrected chi connectivity index (χ3v) is 2.62. The minimum Gasteiger partial charge on any atom is -0.369 e. The summed E-state index contributed by atoms with van der Waals surface area (Å²) in [7, 11) is 2.11. The largest absolute Gasteiger partial charge is 0.369 e. The fourth-order valence-electron chi connectivity index (χ4n) is 1.69. The maximum Gasteiger partial charge on any atom is 0.133 e. The lowest BCUT2D eigenvalue weighted by Gasteiger charge is -2.33. The summed E-state index contributed by atoms with van der Waals surface area (Å²) < 4.78 is 12.9. The molecule has 3 heteroatoms. The van der Waals surface area contributed by atoms with Gasteiger partial charge in [-0.15, -0.1) is 0 Å². The minimum atomic E-state index is -0.276. The van der Waals surface area contributed by atoms with E-state index in [9.17, 15) is 4.39 Å². The number of likely N-dealkylation sites (N-methyl/N-ethyl adjacent to an activating group) is 1. The van der Waals surface area contributed by atoms with Crippen LogP contribution in [-0.2, 0) is 0 Å². The smallest absolute Gasteiger partial charge is 0.133 e. The molecule has 1 aromatic carbocycles. The molecule has 1 radical (unpaired) electrons. The molecule has 1 fully saturated rings. The van der Waals surface area contributed by atoms with Gasteiger partial charge in [-0.1, -0.05) is 0 Å². The monoisotopic (exact) mass is 193 g/mol. The molecule has 0 unspecified atom stereocenters. The van der Waals surface area contributed by atoms with Gasteiger partial charge in [0.15, 0.2) is 0 Å². The van der Waals surface area contributed by atoms with E-state index >= 15 is 0 Å². The van der Waals surface area contributed by atoms with Crippen LogP contribution in [0.5, 0.6) is 0 Å². The summed E-state index contributed by atoms with van der Waals surface area (Å²) in [4.78, 5) is 4.48. The van der Waals surface area contributed by atoms with Crippen molar-refractivity contribution in [3.05, 3.63) is 30.1 Å². The molecule has 2 rings (SSSR count). The molecule has 0 saturated carbocycles. The van der Waals surface area contributed by atoms with Crippen molar-refractivity contribution < 1.29 is 4.39 Å². The number of rotatable bonds is 1. The van der Waals surface area contributed by atoms with Gasteiger partial charge >= 0.3 is 0 Å². The van der Waals surface area contributed by atoms with E-state index in [0.717, 1.165) is 31.9 Å². The van der Waals surface area contributed by atoms with Gasteiger partial charge in [-0.2, -0.15) is 0 Å². The fourth-order valence-corrected chi connectivity index (χ4v) is 1.69. The fraction of sp³-hybridized carbons (Fsp3) is 0.455. The predicted octanol–water partition coefficient (Wildman–Crippen LogP) is 1.38. The summed E-state index contributed by atoms with van der Waals surface area (Å²) in [6.07, 6.45) is 0. The zero-order valence-electron chi connectivity index (χ0n) is 8.33. The third kappa shape index (κ3) is 2.04. The topological polar surface area (TPSA) is 6.48 Å². The van der Waals surface area contributed by atoms with Crippen LogP contribution in [-0.4, -0.2) is 38.1 Å². The van der Waals surface area contributed by atoms with Gasteiger partial charge in [0.2, 0.25) is 0 Å². The standard InChI is InChI=1S/C11H14FN2/c1-13-5-7-14(8-6-13)11-4-2-3-10(12)9-11/h2,4,9H,5-8H2,1H3. The number of piperazine rings is 1. The van der Waals surface area contributed by atoms with Gasteiger partial charge in [-0.3, -0.25) is 0 Å². The zero-order valence-corrected chi connectivity index (χ0v) is 8.33. The van der Waals surface area contributed by atoms with Gasteiger partial charge in [0.05, 0.1) is 0 Å². The highest BCUT2D eigenvalue weighted by molar-refractivity contribution is 5.46. The number of hydrogen-bond acceptors (Lipinski definition) is 2. The summed E-state index contributed by atoms with van der Waals surface area (Å²) >= 11 is 0. The Balaban J connectivity index is 2.08. The van der Waals surface area contributed by atoms with Crippen LogP contribution >= 0.6 is 0 Å². The van der Waals surface area contributed by atoms with E-state index in [0.29, 0.717) is 0 Å². The third-order valence-electron chi connectivity index (χ3n) is 2.62. The first kappa shape index (κ1) is 9.46. The van der Waals surface area contributed by atoms with E-state index in [1.807, 2.05) is 6.07 Å². The second-order valence-corrected chi connectivity index (χ2v) is 3.69. The lowest BCUT2D eigenvalue weighted by molar-refractivity contribution is 0.313. The van der Waals surface area contributed by atoms with Gasteiger partial charge in [0.1, 0.15) is 5.82 Å². The Bertz CT molecular complexity index is 306. The summed E-state index contributed by atoms with van der Waals surface area (Å²) in [5.74, 6) is -0.276. The van der Waals surface area contributed by atoms with Gasteiger partial charge < -0.3 is 9.80 Å². The Kier molecular flexibility index (Phi) is 2.68. The summed E-state index contributed by atoms with van der Waals surface area (Å²) in [5, 5.41) is 0. The van der Waals surface area contributed by atoms with E-state index in [1.54, 1.807) is 12.1 Å². The van der Waals surface area contributed by atoms with Crippen molar-refractivity contribution in [2.75, 3.05) is 38.1 Å². The molecule has 0 amide bonds. The highest BCUT2D eigenvalue weighted by atomic mass is 19.1.